The molecule has 152 valence electrons. The molecule has 27 heavy (non-hydrogen) atoms. The highest BCUT2D eigenvalue weighted by Gasteiger charge is 2.50. The van der Waals surface area contributed by atoms with E-state index in [4.69, 9.17) is 14.2 Å². The molecule has 3 aliphatic rings. The molecule has 2 unspecified atom stereocenters. The van der Waals surface area contributed by atoms with E-state index in [1.807, 2.05) is 0 Å². The van der Waals surface area contributed by atoms with E-state index in [0.29, 0.717) is 25.9 Å². The minimum atomic E-state index is -3.35. The predicted octanol–water partition coefficient (Wildman–Crippen LogP) is 3.80. The fraction of sp³-hybridized carbons (Fsp3) is 0.800. The van der Waals surface area contributed by atoms with Gasteiger partial charge in [-0.3, -0.25) is 9.59 Å². The molecule has 2 saturated heterocycles. The number of unbranched alkanes of at least 4 members (excludes halogenated alkanes) is 1. The summed E-state index contributed by atoms with van der Waals surface area (Å²) in [6.07, 6.45) is 5.57. The van der Waals surface area contributed by atoms with Gasteiger partial charge in [-0.2, -0.15) is 8.78 Å². The zero-order valence-corrected chi connectivity index (χ0v) is 15.7. The number of rotatable bonds is 8. The van der Waals surface area contributed by atoms with Crippen molar-refractivity contribution in [3.05, 3.63) is 12.2 Å². The molecule has 1 saturated carbocycles. The van der Waals surface area contributed by atoms with Crippen molar-refractivity contribution in [3.8, 4) is 0 Å². The van der Waals surface area contributed by atoms with Crippen LogP contribution < -0.4 is 0 Å². The first-order valence-corrected chi connectivity index (χ1v) is 9.97. The predicted molar refractivity (Wildman–Crippen MR) is 93.2 cm³/mol. The minimum Gasteiger partial charge on any atom is -0.462 e. The third-order valence-electron chi connectivity index (χ3n) is 5.69. The lowest BCUT2D eigenvalue weighted by Crippen LogP contribution is -2.31. The number of alkyl halides is 2. The van der Waals surface area contributed by atoms with Gasteiger partial charge in [0.05, 0.1) is 12.5 Å². The summed E-state index contributed by atoms with van der Waals surface area (Å²) in [7, 11) is 0. The Morgan fingerprint density at radius 3 is 2.89 bits per heavy atom. The number of halogens is 2. The van der Waals surface area contributed by atoms with Crippen LogP contribution in [0.5, 0.6) is 0 Å². The summed E-state index contributed by atoms with van der Waals surface area (Å²) in [5, 5.41) is 0. The van der Waals surface area contributed by atoms with Crippen LogP contribution in [-0.2, 0) is 23.8 Å². The van der Waals surface area contributed by atoms with Crippen LogP contribution in [0.4, 0.5) is 8.78 Å². The number of carbonyl (C=O) groups is 2. The number of hydrogen-bond acceptors (Lipinski definition) is 5. The number of ether oxygens (including phenoxy) is 3. The zero-order chi connectivity index (χ0) is 19.4. The van der Waals surface area contributed by atoms with Crippen molar-refractivity contribution in [3.63, 3.8) is 0 Å². The van der Waals surface area contributed by atoms with Crippen LogP contribution in [-0.4, -0.2) is 42.8 Å². The van der Waals surface area contributed by atoms with Crippen molar-refractivity contribution in [2.45, 2.75) is 82.7 Å². The van der Waals surface area contributed by atoms with Crippen molar-refractivity contribution in [1.82, 2.24) is 0 Å². The van der Waals surface area contributed by atoms with Crippen LogP contribution in [0.25, 0.3) is 0 Å². The zero-order valence-electron chi connectivity index (χ0n) is 15.7. The van der Waals surface area contributed by atoms with Gasteiger partial charge < -0.3 is 14.2 Å². The van der Waals surface area contributed by atoms with Crippen LogP contribution in [0.15, 0.2) is 12.2 Å². The lowest BCUT2D eigenvalue weighted by atomic mass is 9.91. The number of esters is 1. The minimum absolute atomic E-state index is 0.139. The van der Waals surface area contributed by atoms with Crippen molar-refractivity contribution >= 4 is 11.8 Å². The van der Waals surface area contributed by atoms with Gasteiger partial charge in [0.1, 0.15) is 6.10 Å². The van der Waals surface area contributed by atoms with Gasteiger partial charge in [0.25, 0.3) is 0 Å². The second kappa shape index (κ2) is 8.78. The van der Waals surface area contributed by atoms with E-state index in [1.165, 1.54) is 6.08 Å². The average Bonchev–Trinajstić information content (AvgIpc) is 3.14. The highest BCUT2D eigenvalue weighted by atomic mass is 19.3. The number of fused-ring (bicyclic) bond motifs is 1. The first kappa shape index (κ1) is 20.4. The summed E-state index contributed by atoms with van der Waals surface area (Å²) in [6.45, 7) is 2.45. The van der Waals surface area contributed by atoms with Crippen LogP contribution in [0.2, 0.25) is 0 Å². The van der Waals surface area contributed by atoms with Gasteiger partial charge in [0, 0.05) is 31.3 Å². The standard InChI is InChI=1S/C20H28F2O5/c1-2-3-9-20(21,22)17(23)8-7-13-14-11-18(24)26-16(14)12-15(13)27-19-6-4-5-10-25-19/h7-8,13-16,19H,2-6,9-12H2,1H3/t13-,14-,15-,16?,19?/m1/s1. The number of allylic oxidation sites excluding steroid dienone is 1. The maximum absolute atomic E-state index is 13.9. The van der Waals surface area contributed by atoms with Crippen LogP contribution in [0.1, 0.15) is 58.3 Å². The van der Waals surface area contributed by atoms with Crippen molar-refractivity contribution in [2.24, 2.45) is 11.8 Å². The van der Waals surface area contributed by atoms with E-state index in [-0.39, 0.29) is 42.7 Å². The van der Waals surface area contributed by atoms with Gasteiger partial charge in [-0.05, 0) is 31.8 Å². The molecule has 0 aromatic carbocycles. The first-order chi connectivity index (χ1) is 12.9. The summed E-state index contributed by atoms with van der Waals surface area (Å²) in [5.41, 5.74) is 0. The molecule has 0 amide bonds. The van der Waals surface area contributed by atoms with E-state index in [1.54, 1.807) is 6.92 Å². The molecule has 2 heterocycles. The van der Waals surface area contributed by atoms with E-state index >= 15 is 0 Å². The second-order valence-electron chi connectivity index (χ2n) is 7.71. The fourth-order valence-corrected chi connectivity index (χ4v) is 4.17. The highest BCUT2D eigenvalue weighted by Crippen LogP contribution is 2.44. The number of ketones is 1. The molecule has 7 heteroatoms. The molecule has 0 bridgehead atoms. The lowest BCUT2D eigenvalue weighted by Gasteiger charge is -2.28. The van der Waals surface area contributed by atoms with E-state index in [2.05, 4.69) is 0 Å². The monoisotopic (exact) mass is 386 g/mol. The van der Waals surface area contributed by atoms with Gasteiger partial charge in [0.2, 0.25) is 5.78 Å². The third-order valence-corrected chi connectivity index (χ3v) is 5.69. The number of carbonyl (C=O) groups excluding carboxylic acids is 2. The molecule has 2 aliphatic heterocycles. The Hall–Kier alpha value is -1.34. The summed E-state index contributed by atoms with van der Waals surface area (Å²) in [6, 6.07) is 0. The molecule has 0 N–H and O–H groups in total. The van der Waals surface area contributed by atoms with Crippen LogP contribution in [0.3, 0.4) is 0 Å². The van der Waals surface area contributed by atoms with Crippen molar-refractivity contribution in [2.75, 3.05) is 6.61 Å². The molecule has 3 fully saturated rings. The normalized spacial score (nSPS) is 34.0. The second-order valence-corrected chi connectivity index (χ2v) is 7.71. The Kier molecular flexibility index (Phi) is 6.63. The smallest absolute Gasteiger partial charge is 0.309 e. The lowest BCUT2D eigenvalue weighted by molar-refractivity contribution is -0.194. The van der Waals surface area contributed by atoms with E-state index < -0.39 is 18.1 Å². The SMILES string of the molecule is CCCCC(F)(F)C(=O)C=C[C@H]1[C@H](OC2CCCCO2)CC2OC(=O)C[C@@H]21. The maximum atomic E-state index is 13.9. The van der Waals surface area contributed by atoms with Gasteiger partial charge >= 0.3 is 11.9 Å². The van der Waals surface area contributed by atoms with Gasteiger partial charge in [-0.15, -0.1) is 0 Å². The Bertz CT molecular complexity index is 571. The highest BCUT2D eigenvalue weighted by molar-refractivity contribution is 5.95. The van der Waals surface area contributed by atoms with E-state index in [0.717, 1.165) is 25.3 Å². The summed E-state index contributed by atoms with van der Waals surface area (Å²) in [5.74, 6) is -5.26. The van der Waals surface area contributed by atoms with Crippen molar-refractivity contribution in [1.29, 1.82) is 0 Å². The first-order valence-electron chi connectivity index (χ1n) is 9.97. The molecule has 0 aromatic rings. The molecular formula is C20H28F2O5. The molecule has 5 nitrogen and oxygen atoms in total. The van der Waals surface area contributed by atoms with Crippen LogP contribution >= 0.6 is 0 Å². The number of hydrogen-bond donors (Lipinski definition) is 0. The maximum Gasteiger partial charge on any atom is 0.309 e. The van der Waals surface area contributed by atoms with E-state index in [9.17, 15) is 18.4 Å². The molecule has 1 aliphatic carbocycles. The van der Waals surface area contributed by atoms with Gasteiger partial charge in [0.15, 0.2) is 6.29 Å². The summed E-state index contributed by atoms with van der Waals surface area (Å²) < 4.78 is 44.9. The van der Waals surface area contributed by atoms with Crippen molar-refractivity contribution < 1.29 is 32.6 Å². The average molecular weight is 386 g/mol. The Morgan fingerprint density at radius 2 is 2.19 bits per heavy atom. The topological polar surface area (TPSA) is 61.8 Å². The fourth-order valence-electron chi connectivity index (χ4n) is 4.17. The summed E-state index contributed by atoms with van der Waals surface area (Å²) in [4.78, 5) is 23.6. The molecule has 0 aromatic heterocycles. The third kappa shape index (κ3) is 4.93. The van der Waals surface area contributed by atoms with Crippen LogP contribution in [0, 0.1) is 11.8 Å². The summed E-state index contributed by atoms with van der Waals surface area (Å²) >= 11 is 0. The molecule has 5 atom stereocenters. The molecular weight excluding hydrogens is 358 g/mol. The Morgan fingerprint density at radius 1 is 1.37 bits per heavy atom. The Labute approximate surface area is 158 Å². The molecule has 3 rings (SSSR count). The van der Waals surface area contributed by atoms with Gasteiger partial charge in [-0.25, -0.2) is 0 Å². The quantitative estimate of drug-likeness (QED) is 0.469. The largest absolute Gasteiger partial charge is 0.462 e. The molecule has 0 radical (unpaired) electrons. The van der Waals surface area contributed by atoms with Gasteiger partial charge in [-0.1, -0.05) is 19.4 Å². The molecule has 0 spiro atoms. The Balaban J connectivity index is 1.67.